The fourth-order valence-corrected chi connectivity index (χ4v) is 16.9. The van der Waals surface area contributed by atoms with Gasteiger partial charge in [0.1, 0.15) is 0 Å². The molecule has 115 heavy (non-hydrogen) atoms. The molecule has 8 atom stereocenters. The standard InChI is InChI=1S/C19H19ClFN5O3.3C19H17ClFN5O2.2CH4/c20-12-6-15(23-7-12)17(22)25-29-19(28)11-2-4-13-3-1-10-5-16(21)24-8-14(10)18(27)26(13)9-11;3*20-12-6-15(22-7-12)17-24-18(28-25-17)11-2-4-13-3-1-10-5-16(21)23-8-14(10)19(27)26(13)9-11;;/h5-8,11,13,23H,1-4,9H2,(H2,22,25);3*5-8,11,13,22H,1-4,9H2;2*1H4/t4*11-,13+;;/m0100../s1. The average Bonchev–Trinajstić information content (AvgIpc) is 1.70. The van der Waals surface area contributed by atoms with Gasteiger partial charge in [0.25, 0.3) is 23.6 Å². The summed E-state index contributed by atoms with van der Waals surface area (Å²) in [7, 11) is 0. The molecule has 11 aromatic heterocycles. The van der Waals surface area contributed by atoms with Gasteiger partial charge in [-0.1, -0.05) is 81.9 Å². The minimum atomic E-state index is -0.600. The van der Waals surface area contributed by atoms with E-state index in [1.165, 1.54) is 55.2 Å². The lowest BCUT2D eigenvalue weighted by atomic mass is 9.90. The molecule has 29 nitrogen and oxygen atoms in total. The van der Waals surface area contributed by atoms with Crippen molar-refractivity contribution in [1.29, 1.82) is 0 Å². The molecule has 4 saturated heterocycles. The number of halogens is 8. The Labute approximate surface area is 674 Å². The zero-order chi connectivity index (χ0) is 78.3. The number of hydrogen-bond donors (Lipinski definition) is 5. The molecule has 19 heterocycles. The zero-order valence-corrected chi connectivity index (χ0v) is 63.0. The van der Waals surface area contributed by atoms with Crippen molar-refractivity contribution < 1.29 is 59.9 Å². The minimum absolute atomic E-state index is 0. The lowest BCUT2D eigenvalue weighted by Gasteiger charge is -2.37. The third kappa shape index (κ3) is 17.4. The van der Waals surface area contributed by atoms with Crippen LogP contribution in [-0.4, -0.2) is 176 Å². The molecule has 4 fully saturated rings. The number of aromatic nitrogens is 14. The Hall–Kier alpha value is -11.2. The monoisotopic (exact) mass is 1650 g/mol. The summed E-state index contributed by atoms with van der Waals surface area (Å²) in [5, 5.41) is 17.9. The van der Waals surface area contributed by atoms with E-state index >= 15 is 0 Å². The number of nitrogens with zero attached hydrogens (tertiary/aromatic N) is 15. The number of amides is 4. The number of carbonyl (C=O) groups is 5. The number of H-pyrrole nitrogens is 4. The van der Waals surface area contributed by atoms with Gasteiger partial charge in [0, 0.05) is 99.9 Å². The quantitative estimate of drug-likeness (QED) is 0.0224. The largest absolute Gasteiger partial charge is 0.379 e. The first-order valence-electron chi connectivity index (χ1n) is 36.9. The number of hydrogen-bond acceptors (Lipinski definition) is 20. The van der Waals surface area contributed by atoms with Crippen LogP contribution in [0.25, 0.3) is 34.6 Å². The number of amidine groups is 1. The maximum Gasteiger partial charge on any atom is 0.339 e. The molecule has 0 radical (unpaired) electrons. The molecule has 8 aliphatic heterocycles. The lowest BCUT2D eigenvalue weighted by molar-refractivity contribution is -0.150. The Morgan fingerprint density at radius 3 is 1.03 bits per heavy atom. The van der Waals surface area contributed by atoms with E-state index < -0.39 is 35.7 Å². The van der Waals surface area contributed by atoms with E-state index in [4.69, 9.17) is 70.5 Å². The molecule has 0 aromatic carbocycles. The maximum atomic E-state index is 13.5. The highest BCUT2D eigenvalue weighted by Gasteiger charge is 2.43. The van der Waals surface area contributed by atoms with Crippen molar-refractivity contribution in [2.45, 2.75) is 160 Å². The number of rotatable bonds is 9. The SMILES string of the molecule is C.C.N/C(=N\OC(=O)[C@H]1CC[C@H]2CCc3cc(F)ncc3C(=O)N2C1)c1cc(Cl)c[nH]1.O=C1c2cnc(F)cc2CC[C@@H]2CC[C@H](c3nc(-c4cc(Cl)c[nH]4)no3)CN12.O=C1c2cnc(F)cc2CC[C@@H]2CC[C@H](c3nc(-c4cc(Cl)c[nH]4)no3)CN12.O=C1c2cnc(F)cc2CC[C@H]2CC[C@@H](c3nc(-c4cc(Cl)c[nH]4)no3)CN12. The molecule has 0 spiro atoms. The summed E-state index contributed by atoms with van der Waals surface area (Å²) in [5.74, 6) is -1.16. The Morgan fingerprint density at radius 2 is 0.730 bits per heavy atom. The van der Waals surface area contributed by atoms with E-state index in [0.717, 1.165) is 74.5 Å². The Kier molecular flexibility index (Phi) is 24.1. The Morgan fingerprint density at radius 1 is 0.426 bits per heavy atom. The van der Waals surface area contributed by atoms with Crippen LogP contribution in [0.2, 0.25) is 20.1 Å². The van der Waals surface area contributed by atoms with Crippen LogP contribution in [0.5, 0.6) is 0 Å². The van der Waals surface area contributed by atoms with Gasteiger partial charge < -0.3 is 63.7 Å². The van der Waals surface area contributed by atoms with Crippen LogP contribution in [-0.2, 0) is 35.3 Å². The first-order chi connectivity index (χ1) is 54.7. The van der Waals surface area contributed by atoms with E-state index in [9.17, 15) is 41.5 Å². The molecule has 6 N–H and O–H groups in total. The van der Waals surface area contributed by atoms with Gasteiger partial charge in [-0.15, -0.1) is 0 Å². The molecule has 11 aromatic rings. The van der Waals surface area contributed by atoms with Crippen molar-refractivity contribution in [3.63, 3.8) is 0 Å². The van der Waals surface area contributed by atoms with Crippen molar-refractivity contribution >= 4 is 81.8 Å². The molecular weight excluding hydrogens is 1580 g/mol. The normalized spacial score (nSPS) is 21.5. The van der Waals surface area contributed by atoms with Gasteiger partial charge in [0.15, 0.2) is 5.84 Å². The van der Waals surface area contributed by atoms with Crippen LogP contribution in [0.4, 0.5) is 17.6 Å². The van der Waals surface area contributed by atoms with Crippen LogP contribution in [0.1, 0.15) is 197 Å². The van der Waals surface area contributed by atoms with E-state index in [2.05, 4.69) is 75.4 Å². The first kappa shape index (κ1) is 80.4. The molecular formula is C78H78Cl4F4N20O9. The predicted octanol–water partition coefficient (Wildman–Crippen LogP) is 14.3. The number of aromatic amines is 4. The van der Waals surface area contributed by atoms with Crippen molar-refractivity contribution in [3.05, 3.63) is 210 Å². The number of pyridine rings is 4. The summed E-state index contributed by atoms with van der Waals surface area (Å²) < 4.78 is 70.3. The van der Waals surface area contributed by atoms with Gasteiger partial charge >= 0.3 is 5.97 Å². The summed E-state index contributed by atoms with van der Waals surface area (Å²) in [4.78, 5) is 117. The summed E-state index contributed by atoms with van der Waals surface area (Å²) in [6.45, 7) is 1.69. The molecule has 8 aliphatic rings. The van der Waals surface area contributed by atoms with Crippen LogP contribution < -0.4 is 5.73 Å². The summed E-state index contributed by atoms with van der Waals surface area (Å²) in [6, 6.07) is 12.6. The fourth-order valence-electron chi connectivity index (χ4n) is 16.2. The van der Waals surface area contributed by atoms with Crippen molar-refractivity contribution in [2.75, 3.05) is 26.2 Å². The average molecular weight is 1660 g/mol. The van der Waals surface area contributed by atoms with Crippen molar-refractivity contribution in [1.82, 2.24) is 89.9 Å². The summed E-state index contributed by atoms with van der Waals surface area (Å²) in [5.41, 5.74) is 12.9. The second kappa shape index (κ2) is 34.5. The zero-order valence-electron chi connectivity index (χ0n) is 60.0. The van der Waals surface area contributed by atoms with Gasteiger partial charge in [0.2, 0.25) is 58.9 Å². The summed E-state index contributed by atoms with van der Waals surface area (Å²) >= 11 is 23.6. The van der Waals surface area contributed by atoms with Crippen LogP contribution in [0.3, 0.4) is 0 Å². The van der Waals surface area contributed by atoms with Gasteiger partial charge in [0.05, 0.1) is 88.8 Å². The van der Waals surface area contributed by atoms with E-state index in [0.29, 0.717) is 170 Å². The number of aryl methyl sites for hydroxylation is 4. The van der Waals surface area contributed by atoms with Crippen molar-refractivity contribution in [3.8, 4) is 34.6 Å². The molecule has 0 aliphatic carbocycles. The number of oxime groups is 1. The van der Waals surface area contributed by atoms with E-state index in [-0.39, 0.29) is 92.8 Å². The molecule has 19 rings (SSSR count). The number of fused-ring (bicyclic) bond motifs is 8. The third-order valence-electron chi connectivity index (χ3n) is 22.1. The smallest absolute Gasteiger partial charge is 0.339 e. The molecule has 37 heteroatoms. The Balaban J connectivity index is 0.000000126. The van der Waals surface area contributed by atoms with Gasteiger partial charge in [-0.05, 0) is 174 Å². The lowest BCUT2D eigenvalue weighted by Crippen LogP contribution is -2.48. The second-order valence-electron chi connectivity index (χ2n) is 29.0. The molecule has 0 saturated carbocycles. The summed E-state index contributed by atoms with van der Waals surface area (Å²) in [6.07, 6.45) is 23.9. The van der Waals surface area contributed by atoms with Crippen molar-refractivity contribution in [2.24, 2.45) is 16.8 Å². The molecule has 0 unspecified atom stereocenters. The molecule has 0 bridgehead atoms. The van der Waals surface area contributed by atoms with E-state index in [1.54, 1.807) is 47.8 Å². The Bertz CT molecular complexity index is 5060. The predicted molar refractivity (Wildman–Crippen MR) is 411 cm³/mol. The topological polar surface area (TPSA) is 377 Å². The first-order valence-corrected chi connectivity index (χ1v) is 38.4. The number of nitrogens with two attached hydrogens (primary N) is 1. The number of nitrogens with one attached hydrogen (secondary N) is 4. The van der Waals surface area contributed by atoms with Crippen LogP contribution in [0, 0.1) is 29.7 Å². The third-order valence-corrected chi connectivity index (χ3v) is 23.0. The minimum Gasteiger partial charge on any atom is -0.379 e. The van der Waals surface area contributed by atoms with Gasteiger partial charge in [-0.25, -0.2) is 24.7 Å². The highest BCUT2D eigenvalue weighted by molar-refractivity contribution is 6.31. The highest BCUT2D eigenvalue weighted by atomic mass is 35.5. The van der Waals surface area contributed by atoms with E-state index in [1.807, 2.05) is 14.7 Å². The second-order valence-corrected chi connectivity index (χ2v) is 30.8. The molecule has 600 valence electrons. The fraction of sp³-hybridized carbons (Fsp3) is 0.385. The maximum absolute atomic E-state index is 13.5. The highest BCUT2D eigenvalue weighted by Crippen LogP contribution is 2.41. The van der Waals surface area contributed by atoms with Crippen LogP contribution in [0.15, 0.2) is 117 Å². The van der Waals surface area contributed by atoms with Crippen LogP contribution >= 0.6 is 46.4 Å². The number of piperidine rings is 4. The van der Waals surface area contributed by atoms with Gasteiger partial charge in [-0.3, -0.25) is 19.2 Å². The number of carbonyl (C=O) groups excluding carboxylic acids is 5. The van der Waals surface area contributed by atoms with Gasteiger partial charge in [-0.2, -0.15) is 32.5 Å². The molecule has 4 amide bonds.